The van der Waals surface area contributed by atoms with E-state index in [-0.39, 0.29) is 30.8 Å². The number of rotatable bonds is 12. The van der Waals surface area contributed by atoms with E-state index in [2.05, 4.69) is 0 Å². The van der Waals surface area contributed by atoms with Crippen LogP contribution in [0.3, 0.4) is 0 Å². The van der Waals surface area contributed by atoms with Gasteiger partial charge in [-0.15, -0.1) is 0 Å². The molecule has 0 saturated heterocycles. The number of nitrogens with zero attached hydrogens (tertiary/aromatic N) is 1. The number of allylic oxidation sites excluding steroid dienone is 2. The second-order valence-electron chi connectivity index (χ2n) is 14.0. The SMILES string of the molecule is [O-][NH+](c1ccccc1)c1ccc([N+](c2ccc([NH+]([O-])c3ccccc3)cc2)(c2ccc([NH+]([O-])c3ccccc3)cc2)c2ccc([NH+]([O-])C3C=CC=CC3)cc2)cc1. The van der Waals surface area contributed by atoms with Gasteiger partial charge in [0.15, 0.2) is 0 Å². The van der Waals surface area contributed by atoms with Crippen LogP contribution in [0, 0.1) is 20.8 Å². The first-order valence-corrected chi connectivity index (χ1v) is 18.9. The lowest BCUT2D eigenvalue weighted by atomic mass is 10.0. The van der Waals surface area contributed by atoms with Gasteiger partial charge in [-0.2, -0.15) is 4.48 Å². The Hall–Kier alpha value is -6.34. The highest BCUT2D eigenvalue weighted by Crippen LogP contribution is 2.52. The summed E-state index contributed by atoms with van der Waals surface area (Å²) in [5.41, 5.74) is 7.15. The fourth-order valence-electron chi connectivity index (χ4n) is 7.51. The van der Waals surface area contributed by atoms with Crippen LogP contribution in [-0.4, -0.2) is 6.04 Å². The van der Waals surface area contributed by atoms with Crippen molar-refractivity contribution in [2.45, 2.75) is 12.5 Å². The lowest BCUT2D eigenvalue weighted by Crippen LogP contribution is -3.06. The first-order valence-electron chi connectivity index (χ1n) is 18.9. The molecule has 0 saturated carbocycles. The van der Waals surface area contributed by atoms with Crippen molar-refractivity contribution in [1.29, 1.82) is 0 Å². The predicted molar refractivity (Wildman–Crippen MR) is 227 cm³/mol. The maximum Gasteiger partial charge on any atom is 0.148 e. The Morgan fingerprint density at radius 3 is 0.947 bits per heavy atom. The van der Waals surface area contributed by atoms with E-state index in [1.807, 2.05) is 176 Å². The third-order valence-corrected chi connectivity index (χ3v) is 10.5. The second-order valence-corrected chi connectivity index (χ2v) is 14.0. The summed E-state index contributed by atoms with van der Waals surface area (Å²) in [5.74, 6) is 0. The Morgan fingerprint density at radius 2 is 0.649 bits per heavy atom. The van der Waals surface area contributed by atoms with E-state index in [0.29, 0.717) is 46.2 Å². The van der Waals surface area contributed by atoms with Crippen LogP contribution in [0.15, 0.2) is 212 Å². The first-order chi connectivity index (χ1) is 27.9. The van der Waals surface area contributed by atoms with E-state index in [4.69, 9.17) is 0 Å². The van der Waals surface area contributed by atoms with Crippen LogP contribution >= 0.6 is 0 Å². The van der Waals surface area contributed by atoms with Crippen LogP contribution in [0.4, 0.5) is 62.6 Å². The molecule has 0 aromatic heterocycles. The molecule has 0 radical (unpaired) electrons. The number of hydroxylamine groups is 1. The zero-order chi connectivity index (χ0) is 39.2. The fourth-order valence-corrected chi connectivity index (χ4v) is 7.51. The van der Waals surface area contributed by atoms with Crippen molar-refractivity contribution in [3.05, 3.63) is 233 Å². The molecule has 282 valence electrons. The molecule has 0 heterocycles. The fraction of sp³-hybridized carbons (Fsp3) is 0.0417. The van der Waals surface area contributed by atoms with Gasteiger partial charge in [-0.3, -0.25) is 0 Å². The Bertz CT molecular complexity index is 2210. The predicted octanol–water partition coefficient (Wildman–Crippen LogP) is 7.93. The summed E-state index contributed by atoms with van der Waals surface area (Å²) in [7, 11) is 0. The largest absolute Gasteiger partial charge is 0.628 e. The molecule has 5 atom stereocenters. The van der Waals surface area contributed by atoms with Crippen LogP contribution in [-0.2, 0) is 0 Å². The third kappa shape index (κ3) is 7.62. The van der Waals surface area contributed by atoms with Crippen LogP contribution in [0.25, 0.3) is 0 Å². The molecule has 1 aliphatic carbocycles. The molecule has 0 bridgehead atoms. The van der Waals surface area contributed by atoms with Gasteiger partial charge in [-0.25, -0.2) is 0 Å². The van der Waals surface area contributed by atoms with Crippen LogP contribution in [0.5, 0.6) is 0 Å². The number of quaternary nitrogens is 5. The summed E-state index contributed by atoms with van der Waals surface area (Å²) >= 11 is 0. The minimum Gasteiger partial charge on any atom is -0.628 e. The number of hydrogen-bond donors (Lipinski definition) is 4. The number of hydrogen-bond acceptors (Lipinski definition) is 4. The molecule has 1 aliphatic rings. The molecule has 4 N–H and O–H groups in total. The van der Waals surface area contributed by atoms with Gasteiger partial charge >= 0.3 is 0 Å². The van der Waals surface area contributed by atoms with Crippen molar-refractivity contribution in [1.82, 2.24) is 4.48 Å². The zero-order valence-corrected chi connectivity index (χ0v) is 31.1. The molecular formula is C48H42N5O4+. The minimum absolute atomic E-state index is 0.0139. The van der Waals surface area contributed by atoms with Gasteiger partial charge in [0, 0.05) is 103 Å². The molecule has 8 rings (SSSR count). The normalized spacial score (nSPS) is 16.9. The van der Waals surface area contributed by atoms with Gasteiger partial charge in [0.05, 0.1) is 0 Å². The van der Waals surface area contributed by atoms with Crippen molar-refractivity contribution in [2.75, 3.05) is 0 Å². The monoisotopic (exact) mass is 752 g/mol. The number of benzene rings is 7. The maximum absolute atomic E-state index is 13.6. The topological polar surface area (TPSA) is 110 Å². The molecule has 7 aromatic rings. The highest BCUT2D eigenvalue weighted by atomic mass is 16.5. The standard InChI is InChI=1S/C48H42N5O4/c54-49(37-13-5-1-6-14-37)41-21-29-45(30-22-41)53(46-31-23-42(24-32-46)50(55)38-15-7-2-8-16-38,47-33-25-43(26-34-47)51(56)39-17-9-3-10-18-39)48-35-27-44(28-36-48)52(57)40-19-11-4-12-20-40/h1-19,21-36,40,49-52H,20H2/q+1. The zero-order valence-electron chi connectivity index (χ0n) is 31.1. The van der Waals surface area contributed by atoms with Crippen molar-refractivity contribution >= 4 is 62.6 Å². The minimum atomic E-state index is -0.237. The molecule has 0 fully saturated rings. The Labute approximate surface area is 332 Å². The first kappa shape index (κ1) is 37.6. The highest BCUT2D eigenvalue weighted by Gasteiger charge is 2.40. The summed E-state index contributed by atoms with van der Waals surface area (Å²) in [6.45, 7) is 0. The Morgan fingerprint density at radius 1 is 0.351 bits per heavy atom. The quantitative estimate of drug-likeness (QED) is 0.0751. The average Bonchev–Trinajstić information content (AvgIpc) is 3.30. The molecule has 9 nitrogen and oxygen atoms in total. The van der Waals surface area contributed by atoms with Gasteiger partial charge in [0.25, 0.3) is 0 Å². The number of para-hydroxylation sites is 3. The molecule has 0 amide bonds. The van der Waals surface area contributed by atoms with E-state index >= 15 is 0 Å². The molecule has 7 aromatic carbocycles. The summed E-state index contributed by atoms with van der Waals surface area (Å²) < 4.78 is 0.0139. The van der Waals surface area contributed by atoms with Crippen LogP contribution in [0.1, 0.15) is 6.42 Å². The van der Waals surface area contributed by atoms with E-state index < -0.39 is 0 Å². The lowest BCUT2D eigenvalue weighted by Gasteiger charge is -2.38. The summed E-state index contributed by atoms with van der Waals surface area (Å²) in [5, 5.41) is 54.1. The average molecular weight is 753 g/mol. The number of nitrogens with one attached hydrogen (secondary N) is 4. The van der Waals surface area contributed by atoms with Gasteiger partial charge in [-0.05, 0) is 42.5 Å². The summed E-state index contributed by atoms with van der Waals surface area (Å²) in [6.07, 6.45) is 8.45. The smallest absolute Gasteiger partial charge is 0.148 e. The van der Waals surface area contributed by atoms with Crippen molar-refractivity contribution < 1.29 is 20.3 Å². The van der Waals surface area contributed by atoms with Gasteiger partial charge in [-0.1, -0.05) is 72.8 Å². The van der Waals surface area contributed by atoms with Gasteiger partial charge in [0.2, 0.25) is 0 Å². The van der Waals surface area contributed by atoms with E-state index in [0.717, 1.165) is 22.7 Å². The van der Waals surface area contributed by atoms with Crippen LogP contribution in [0.2, 0.25) is 0 Å². The van der Waals surface area contributed by atoms with E-state index in [1.54, 1.807) is 36.4 Å². The maximum atomic E-state index is 13.6. The van der Waals surface area contributed by atoms with Crippen molar-refractivity contribution in [3.8, 4) is 0 Å². The summed E-state index contributed by atoms with van der Waals surface area (Å²) in [6, 6.07) is 57.6. The summed E-state index contributed by atoms with van der Waals surface area (Å²) in [4.78, 5) is 0. The van der Waals surface area contributed by atoms with Crippen LogP contribution < -0.4 is 24.7 Å². The van der Waals surface area contributed by atoms with Crippen molar-refractivity contribution in [2.24, 2.45) is 0 Å². The van der Waals surface area contributed by atoms with E-state index in [9.17, 15) is 20.8 Å². The Balaban J connectivity index is 1.29. The van der Waals surface area contributed by atoms with E-state index in [1.165, 1.54) is 0 Å². The molecule has 0 spiro atoms. The lowest BCUT2D eigenvalue weighted by molar-refractivity contribution is -0.798. The molecular weight excluding hydrogens is 711 g/mol. The molecule has 5 unspecified atom stereocenters. The van der Waals surface area contributed by atoms with Gasteiger partial charge < -0.3 is 41.1 Å². The highest BCUT2D eigenvalue weighted by molar-refractivity contribution is 5.83. The molecule has 0 aliphatic heterocycles. The Kier molecular flexibility index (Phi) is 11.1. The van der Waals surface area contributed by atoms with Crippen molar-refractivity contribution in [3.63, 3.8) is 0 Å². The third-order valence-electron chi connectivity index (χ3n) is 10.5. The molecule has 9 heteroatoms. The van der Waals surface area contributed by atoms with Gasteiger partial charge in [0.1, 0.15) is 68.6 Å². The second kappa shape index (κ2) is 16.8. The molecule has 57 heavy (non-hydrogen) atoms.